The Labute approximate surface area is 138 Å². The molecule has 1 fully saturated rings. The second-order valence-electron chi connectivity index (χ2n) is 6.16. The monoisotopic (exact) mass is 324 g/mol. The molecule has 2 heterocycles. The molecule has 1 aliphatic rings. The summed E-state index contributed by atoms with van der Waals surface area (Å²) in [6.07, 6.45) is 2.59. The first kappa shape index (κ1) is 14.8. The van der Waals surface area contributed by atoms with Crippen LogP contribution in [0.2, 0.25) is 0 Å². The Kier molecular flexibility index (Phi) is 3.72. The first-order valence-corrected chi connectivity index (χ1v) is 8.07. The Hall–Kier alpha value is -2.76. The first-order chi connectivity index (χ1) is 11.7. The molecule has 1 unspecified atom stereocenters. The maximum atomic E-state index is 13.4. The highest BCUT2D eigenvalue weighted by Gasteiger charge is 2.29. The van der Waals surface area contributed by atoms with Gasteiger partial charge in [0, 0.05) is 18.2 Å². The summed E-state index contributed by atoms with van der Waals surface area (Å²) in [5.41, 5.74) is 2.96. The predicted octanol–water partition coefficient (Wildman–Crippen LogP) is 2.94. The SMILES string of the molecule is O=C(c1ccc2n[nH]nc2c1)N1CCCC1Cc1cccc(F)c1. The van der Waals surface area contributed by atoms with E-state index in [0.717, 1.165) is 30.5 Å². The number of carbonyl (C=O) groups is 1. The molecule has 0 bridgehead atoms. The number of hydrogen-bond donors (Lipinski definition) is 1. The van der Waals surface area contributed by atoms with E-state index in [2.05, 4.69) is 15.4 Å². The van der Waals surface area contributed by atoms with Crippen molar-refractivity contribution in [1.29, 1.82) is 0 Å². The van der Waals surface area contributed by atoms with E-state index in [1.54, 1.807) is 30.3 Å². The fourth-order valence-electron chi connectivity index (χ4n) is 3.39. The van der Waals surface area contributed by atoms with Crippen LogP contribution in [0.1, 0.15) is 28.8 Å². The molecule has 122 valence electrons. The standard InChI is InChI=1S/C18H17FN4O/c19-14-4-1-3-12(9-14)10-15-5-2-8-23(15)18(24)13-6-7-16-17(11-13)21-22-20-16/h1,3-4,6-7,9,11,15H,2,5,8,10H2,(H,20,21,22). The maximum absolute atomic E-state index is 13.4. The summed E-state index contributed by atoms with van der Waals surface area (Å²) in [6, 6.07) is 12.0. The van der Waals surface area contributed by atoms with Gasteiger partial charge < -0.3 is 4.90 Å². The number of nitrogens with one attached hydrogen (secondary N) is 1. The Morgan fingerprint density at radius 2 is 2.08 bits per heavy atom. The molecule has 1 aliphatic heterocycles. The number of H-pyrrole nitrogens is 1. The molecule has 0 aliphatic carbocycles. The Morgan fingerprint density at radius 3 is 2.96 bits per heavy atom. The smallest absolute Gasteiger partial charge is 0.254 e. The molecular formula is C18H17FN4O. The fraction of sp³-hybridized carbons (Fsp3) is 0.278. The van der Waals surface area contributed by atoms with Crippen molar-refractivity contribution in [2.75, 3.05) is 6.54 Å². The third-order valence-electron chi connectivity index (χ3n) is 4.56. The number of likely N-dealkylation sites (tertiary alicyclic amines) is 1. The fourth-order valence-corrected chi connectivity index (χ4v) is 3.39. The molecule has 0 saturated carbocycles. The zero-order chi connectivity index (χ0) is 16.5. The minimum absolute atomic E-state index is 0.00111. The predicted molar refractivity (Wildman–Crippen MR) is 88.1 cm³/mol. The number of hydrogen-bond acceptors (Lipinski definition) is 3. The lowest BCUT2D eigenvalue weighted by atomic mass is 10.0. The number of amides is 1. The Balaban J connectivity index is 1.56. The van der Waals surface area contributed by atoms with Crippen molar-refractivity contribution in [3.63, 3.8) is 0 Å². The van der Waals surface area contributed by atoms with Gasteiger partial charge in [-0.05, 0) is 55.2 Å². The zero-order valence-corrected chi connectivity index (χ0v) is 13.1. The summed E-state index contributed by atoms with van der Waals surface area (Å²) in [7, 11) is 0. The molecule has 3 aromatic rings. The number of fused-ring (bicyclic) bond motifs is 1. The van der Waals surface area contributed by atoms with E-state index in [1.165, 1.54) is 6.07 Å². The van der Waals surface area contributed by atoms with Gasteiger partial charge in [-0.1, -0.05) is 12.1 Å². The lowest BCUT2D eigenvalue weighted by molar-refractivity contribution is 0.0736. The van der Waals surface area contributed by atoms with Crippen molar-refractivity contribution in [3.8, 4) is 0 Å². The number of halogens is 1. The molecule has 0 spiro atoms. The third kappa shape index (κ3) is 2.75. The number of benzene rings is 2. The average molecular weight is 324 g/mol. The molecule has 1 aromatic heterocycles. The van der Waals surface area contributed by atoms with Crippen LogP contribution >= 0.6 is 0 Å². The van der Waals surface area contributed by atoms with Crippen LogP contribution in [0, 0.1) is 5.82 Å². The number of rotatable bonds is 3. The van der Waals surface area contributed by atoms with Gasteiger partial charge in [0.05, 0.1) is 0 Å². The van der Waals surface area contributed by atoms with Crippen molar-refractivity contribution < 1.29 is 9.18 Å². The van der Waals surface area contributed by atoms with Gasteiger partial charge in [-0.2, -0.15) is 15.4 Å². The van der Waals surface area contributed by atoms with Crippen LogP contribution in [-0.2, 0) is 6.42 Å². The number of aromatic nitrogens is 3. The molecule has 4 rings (SSSR count). The van der Waals surface area contributed by atoms with Crippen LogP contribution < -0.4 is 0 Å². The van der Waals surface area contributed by atoms with E-state index < -0.39 is 0 Å². The van der Waals surface area contributed by atoms with Crippen LogP contribution in [0.15, 0.2) is 42.5 Å². The van der Waals surface area contributed by atoms with Gasteiger partial charge >= 0.3 is 0 Å². The molecule has 1 N–H and O–H groups in total. The summed E-state index contributed by atoms with van der Waals surface area (Å²) >= 11 is 0. The van der Waals surface area contributed by atoms with Gasteiger partial charge in [0.1, 0.15) is 16.9 Å². The average Bonchev–Trinajstić information content (AvgIpc) is 3.22. The minimum Gasteiger partial charge on any atom is -0.335 e. The van der Waals surface area contributed by atoms with Gasteiger partial charge in [0.25, 0.3) is 5.91 Å². The van der Waals surface area contributed by atoms with Crippen LogP contribution in [0.4, 0.5) is 4.39 Å². The van der Waals surface area contributed by atoms with Crippen LogP contribution in [0.3, 0.4) is 0 Å². The summed E-state index contributed by atoms with van der Waals surface area (Å²) in [5, 5.41) is 10.6. The van der Waals surface area contributed by atoms with Crippen molar-refractivity contribution in [2.45, 2.75) is 25.3 Å². The number of nitrogens with zero attached hydrogens (tertiary/aromatic N) is 3. The highest BCUT2D eigenvalue weighted by Crippen LogP contribution is 2.24. The largest absolute Gasteiger partial charge is 0.335 e. The zero-order valence-electron chi connectivity index (χ0n) is 13.1. The van der Waals surface area contributed by atoms with Crippen molar-refractivity contribution in [1.82, 2.24) is 20.3 Å². The van der Waals surface area contributed by atoms with E-state index in [1.807, 2.05) is 11.0 Å². The topological polar surface area (TPSA) is 61.9 Å². The maximum Gasteiger partial charge on any atom is 0.254 e. The highest BCUT2D eigenvalue weighted by atomic mass is 19.1. The lowest BCUT2D eigenvalue weighted by Gasteiger charge is -2.25. The Morgan fingerprint density at radius 1 is 1.21 bits per heavy atom. The summed E-state index contributed by atoms with van der Waals surface area (Å²) < 4.78 is 13.4. The lowest BCUT2D eigenvalue weighted by Crippen LogP contribution is -2.36. The van der Waals surface area contributed by atoms with E-state index in [9.17, 15) is 9.18 Å². The summed E-state index contributed by atoms with van der Waals surface area (Å²) in [5.74, 6) is -0.237. The van der Waals surface area contributed by atoms with E-state index >= 15 is 0 Å². The quantitative estimate of drug-likeness (QED) is 0.806. The van der Waals surface area contributed by atoms with Crippen LogP contribution in [0.25, 0.3) is 11.0 Å². The molecule has 1 saturated heterocycles. The van der Waals surface area contributed by atoms with Crippen LogP contribution in [-0.4, -0.2) is 38.8 Å². The highest BCUT2D eigenvalue weighted by molar-refractivity contribution is 5.97. The number of carbonyl (C=O) groups excluding carboxylic acids is 1. The molecule has 5 nitrogen and oxygen atoms in total. The first-order valence-electron chi connectivity index (χ1n) is 8.07. The number of aromatic amines is 1. The normalized spacial score (nSPS) is 17.5. The van der Waals surface area contributed by atoms with E-state index in [-0.39, 0.29) is 17.8 Å². The van der Waals surface area contributed by atoms with Gasteiger partial charge in [0.2, 0.25) is 0 Å². The van der Waals surface area contributed by atoms with Gasteiger partial charge in [-0.25, -0.2) is 4.39 Å². The molecule has 6 heteroatoms. The molecule has 0 radical (unpaired) electrons. The van der Waals surface area contributed by atoms with E-state index in [0.29, 0.717) is 17.5 Å². The summed E-state index contributed by atoms with van der Waals surface area (Å²) in [4.78, 5) is 14.8. The molecule has 1 amide bonds. The van der Waals surface area contributed by atoms with Crippen LogP contribution in [0.5, 0.6) is 0 Å². The molecule has 2 aromatic carbocycles. The van der Waals surface area contributed by atoms with E-state index in [4.69, 9.17) is 0 Å². The van der Waals surface area contributed by atoms with Gasteiger partial charge in [-0.15, -0.1) is 0 Å². The van der Waals surface area contributed by atoms with Gasteiger partial charge in [0.15, 0.2) is 0 Å². The second-order valence-corrected chi connectivity index (χ2v) is 6.16. The molecular weight excluding hydrogens is 307 g/mol. The van der Waals surface area contributed by atoms with Crippen molar-refractivity contribution in [2.24, 2.45) is 0 Å². The van der Waals surface area contributed by atoms with Crippen molar-refractivity contribution in [3.05, 3.63) is 59.4 Å². The summed E-state index contributed by atoms with van der Waals surface area (Å²) in [6.45, 7) is 0.732. The second kappa shape index (κ2) is 6.03. The van der Waals surface area contributed by atoms with Gasteiger partial charge in [-0.3, -0.25) is 4.79 Å². The molecule has 1 atom stereocenters. The molecule has 24 heavy (non-hydrogen) atoms. The minimum atomic E-state index is -0.236. The van der Waals surface area contributed by atoms with Crippen molar-refractivity contribution >= 4 is 16.9 Å². The third-order valence-corrected chi connectivity index (χ3v) is 4.56. The Bertz CT molecular complexity index is 891.